The van der Waals surface area contributed by atoms with E-state index in [0.717, 1.165) is 17.7 Å². The molecule has 27 heavy (non-hydrogen) atoms. The van der Waals surface area contributed by atoms with Crippen LogP contribution in [0.15, 0.2) is 54.6 Å². The van der Waals surface area contributed by atoms with Gasteiger partial charge in [-0.2, -0.15) is 0 Å². The topological polar surface area (TPSA) is 66.5 Å². The second kappa shape index (κ2) is 8.67. The molecule has 0 aliphatic carbocycles. The second-order valence-corrected chi connectivity index (χ2v) is 8.92. The van der Waals surface area contributed by atoms with Crippen LogP contribution in [0.5, 0.6) is 0 Å². The second-order valence-electron chi connectivity index (χ2n) is 6.95. The molecule has 1 aliphatic heterocycles. The molecule has 1 saturated heterocycles. The van der Waals surface area contributed by atoms with E-state index in [2.05, 4.69) is 12.2 Å². The fourth-order valence-electron chi connectivity index (χ4n) is 3.34. The smallest absolute Gasteiger partial charge is 0.227 e. The molecular formula is C21H26N2O3S. The van der Waals surface area contributed by atoms with Crippen LogP contribution in [-0.2, 0) is 27.0 Å². The van der Waals surface area contributed by atoms with Crippen molar-refractivity contribution in [3.05, 3.63) is 65.7 Å². The van der Waals surface area contributed by atoms with Gasteiger partial charge >= 0.3 is 0 Å². The largest absolute Gasteiger partial charge is 0.326 e. The van der Waals surface area contributed by atoms with Gasteiger partial charge < -0.3 is 5.32 Å². The van der Waals surface area contributed by atoms with Crippen molar-refractivity contribution in [2.45, 2.75) is 31.9 Å². The Bertz CT molecular complexity index is 856. The summed E-state index contributed by atoms with van der Waals surface area (Å²) in [6.45, 7) is 2.87. The lowest BCUT2D eigenvalue weighted by molar-refractivity contribution is -0.120. The molecule has 1 amide bonds. The Balaban J connectivity index is 1.53. The first kappa shape index (κ1) is 19.6. The summed E-state index contributed by atoms with van der Waals surface area (Å²) in [7, 11) is -3.35. The zero-order valence-corrected chi connectivity index (χ0v) is 16.4. The maximum absolute atomic E-state index is 12.6. The molecule has 0 radical (unpaired) electrons. The highest BCUT2D eigenvalue weighted by atomic mass is 32.2. The lowest BCUT2D eigenvalue weighted by atomic mass is 9.97. The van der Waals surface area contributed by atoms with Gasteiger partial charge in [0.25, 0.3) is 0 Å². The van der Waals surface area contributed by atoms with Gasteiger partial charge in [0.05, 0.1) is 5.75 Å². The van der Waals surface area contributed by atoms with Crippen molar-refractivity contribution < 1.29 is 13.2 Å². The molecule has 5 nitrogen and oxygen atoms in total. The number of hydrogen-bond donors (Lipinski definition) is 1. The predicted molar refractivity (Wildman–Crippen MR) is 108 cm³/mol. The van der Waals surface area contributed by atoms with Crippen LogP contribution in [0, 0.1) is 5.92 Å². The molecule has 2 aromatic rings. The van der Waals surface area contributed by atoms with Crippen molar-refractivity contribution in [3.8, 4) is 0 Å². The highest BCUT2D eigenvalue weighted by Crippen LogP contribution is 2.23. The summed E-state index contributed by atoms with van der Waals surface area (Å²) in [6, 6.07) is 17.0. The number of aryl methyl sites for hydroxylation is 1. The van der Waals surface area contributed by atoms with Gasteiger partial charge in [0.15, 0.2) is 0 Å². The molecule has 1 aliphatic rings. The number of nitrogens with zero attached hydrogens (tertiary/aromatic N) is 1. The van der Waals surface area contributed by atoms with Crippen LogP contribution in [0.2, 0.25) is 0 Å². The predicted octanol–water partition coefficient (Wildman–Crippen LogP) is 3.43. The Kier molecular flexibility index (Phi) is 6.29. The number of benzene rings is 2. The van der Waals surface area contributed by atoms with E-state index in [-0.39, 0.29) is 17.6 Å². The van der Waals surface area contributed by atoms with Crippen LogP contribution < -0.4 is 5.32 Å². The minimum Gasteiger partial charge on any atom is -0.326 e. The Morgan fingerprint density at radius 2 is 1.63 bits per heavy atom. The number of rotatable bonds is 6. The summed E-state index contributed by atoms with van der Waals surface area (Å²) in [6.07, 6.45) is 2.06. The first-order chi connectivity index (χ1) is 13.0. The molecule has 0 spiro atoms. The number of nitrogens with one attached hydrogen (secondary N) is 1. The van der Waals surface area contributed by atoms with E-state index >= 15 is 0 Å². The summed E-state index contributed by atoms with van der Waals surface area (Å²) in [4.78, 5) is 12.5. The maximum Gasteiger partial charge on any atom is 0.227 e. The van der Waals surface area contributed by atoms with Crippen LogP contribution in [-0.4, -0.2) is 31.7 Å². The third-order valence-electron chi connectivity index (χ3n) is 5.04. The van der Waals surface area contributed by atoms with E-state index in [1.807, 2.05) is 54.6 Å². The summed E-state index contributed by atoms with van der Waals surface area (Å²) in [5.74, 6) is -0.174. The van der Waals surface area contributed by atoms with Crippen LogP contribution in [0.25, 0.3) is 0 Å². The van der Waals surface area contributed by atoms with Crippen molar-refractivity contribution >= 4 is 21.6 Å². The summed E-state index contributed by atoms with van der Waals surface area (Å²) in [5.41, 5.74) is 2.80. The molecule has 0 saturated carbocycles. The lowest BCUT2D eigenvalue weighted by Gasteiger charge is -2.30. The van der Waals surface area contributed by atoms with Crippen LogP contribution in [0.3, 0.4) is 0 Å². The first-order valence-corrected chi connectivity index (χ1v) is 11.0. The molecule has 2 aromatic carbocycles. The van der Waals surface area contributed by atoms with E-state index in [9.17, 15) is 13.2 Å². The van der Waals surface area contributed by atoms with E-state index in [1.165, 1.54) is 9.87 Å². The van der Waals surface area contributed by atoms with Gasteiger partial charge in [-0.05, 0) is 42.5 Å². The SMILES string of the molecule is CCc1ccc(NC(=O)C2CCN(S(=O)(=O)Cc3ccccc3)CC2)cc1. The normalized spacial score (nSPS) is 16.2. The standard InChI is InChI=1S/C21H26N2O3S/c1-2-17-8-10-20(11-9-17)22-21(24)19-12-14-23(15-13-19)27(25,26)16-18-6-4-3-5-7-18/h3-11,19H,2,12-16H2,1H3,(H,22,24). The molecule has 1 heterocycles. The zero-order valence-electron chi connectivity index (χ0n) is 15.6. The van der Waals surface area contributed by atoms with Gasteiger partial charge in [0.1, 0.15) is 0 Å². The zero-order chi connectivity index (χ0) is 19.3. The van der Waals surface area contributed by atoms with Gasteiger partial charge in [0, 0.05) is 24.7 Å². The highest BCUT2D eigenvalue weighted by molar-refractivity contribution is 7.88. The molecule has 3 rings (SSSR count). The Labute approximate surface area is 161 Å². The number of piperidine rings is 1. The van der Waals surface area contributed by atoms with E-state index < -0.39 is 10.0 Å². The Hall–Kier alpha value is -2.18. The molecule has 0 atom stereocenters. The molecule has 0 aromatic heterocycles. The summed E-state index contributed by atoms with van der Waals surface area (Å²) >= 11 is 0. The Morgan fingerprint density at radius 3 is 2.22 bits per heavy atom. The molecule has 0 bridgehead atoms. The van der Waals surface area contributed by atoms with Crippen LogP contribution in [0.1, 0.15) is 30.9 Å². The molecule has 0 unspecified atom stereocenters. The van der Waals surface area contributed by atoms with Gasteiger partial charge in [-0.3, -0.25) is 4.79 Å². The third kappa shape index (κ3) is 5.17. The van der Waals surface area contributed by atoms with Gasteiger partial charge in [-0.15, -0.1) is 0 Å². The molecule has 6 heteroatoms. The first-order valence-electron chi connectivity index (χ1n) is 9.39. The van der Waals surface area contributed by atoms with Crippen molar-refractivity contribution in [1.82, 2.24) is 4.31 Å². The van der Waals surface area contributed by atoms with Crippen molar-refractivity contribution in [1.29, 1.82) is 0 Å². The number of carbonyl (C=O) groups is 1. The fraction of sp³-hybridized carbons (Fsp3) is 0.381. The van der Waals surface area contributed by atoms with Crippen LogP contribution >= 0.6 is 0 Å². The minimum atomic E-state index is -3.35. The monoisotopic (exact) mass is 386 g/mol. The van der Waals surface area contributed by atoms with Crippen LogP contribution in [0.4, 0.5) is 5.69 Å². The fourth-order valence-corrected chi connectivity index (χ4v) is 4.90. The van der Waals surface area contributed by atoms with Gasteiger partial charge in [0.2, 0.25) is 15.9 Å². The van der Waals surface area contributed by atoms with E-state index in [1.54, 1.807) is 0 Å². The Morgan fingerprint density at radius 1 is 1.00 bits per heavy atom. The minimum absolute atomic E-state index is 0.00841. The number of hydrogen-bond acceptors (Lipinski definition) is 3. The number of amides is 1. The average Bonchev–Trinajstić information content (AvgIpc) is 2.69. The quantitative estimate of drug-likeness (QED) is 0.827. The number of anilines is 1. The lowest BCUT2D eigenvalue weighted by Crippen LogP contribution is -2.41. The average molecular weight is 387 g/mol. The highest BCUT2D eigenvalue weighted by Gasteiger charge is 2.31. The molecule has 144 valence electrons. The van der Waals surface area contributed by atoms with Crippen molar-refractivity contribution in [2.24, 2.45) is 5.92 Å². The van der Waals surface area contributed by atoms with Crippen molar-refractivity contribution in [2.75, 3.05) is 18.4 Å². The maximum atomic E-state index is 12.6. The van der Waals surface area contributed by atoms with E-state index in [4.69, 9.17) is 0 Å². The molecule has 1 N–H and O–H groups in total. The summed E-state index contributed by atoms with van der Waals surface area (Å²) < 4.78 is 26.7. The summed E-state index contributed by atoms with van der Waals surface area (Å²) in [5, 5.41) is 2.95. The van der Waals surface area contributed by atoms with Crippen molar-refractivity contribution in [3.63, 3.8) is 0 Å². The van der Waals surface area contributed by atoms with E-state index in [0.29, 0.717) is 25.9 Å². The van der Waals surface area contributed by atoms with Gasteiger partial charge in [-0.1, -0.05) is 49.4 Å². The van der Waals surface area contributed by atoms with Gasteiger partial charge in [-0.25, -0.2) is 12.7 Å². The number of sulfonamides is 1. The molecule has 1 fully saturated rings. The number of carbonyl (C=O) groups excluding carboxylic acids is 1. The molecular weight excluding hydrogens is 360 g/mol. The third-order valence-corrected chi connectivity index (χ3v) is 6.89.